The van der Waals surface area contributed by atoms with Gasteiger partial charge in [-0.15, -0.1) is 0 Å². The summed E-state index contributed by atoms with van der Waals surface area (Å²) in [6.07, 6.45) is 14.6. The van der Waals surface area contributed by atoms with Crippen molar-refractivity contribution < 1.29 is 0 Å². The monoisotopic (exact) mass is 384 g/mol. The summed E-state index contributed by atoms with van der Waals surface area (Å²) in [5.74, 6) is 0. The van der Waals surface area contributed by atoms with Gasteiger partial charge >= 0.3 is 136 Å². The van der Waals surface area contributed by atoms with E-state index < -0.39 is 21.1 Å². The zero-order valence-electron chi connectivity index (χ0n) is 13.9. The van der Waals surface area contributed by atoms with E-state index in [1.54, 1.807) is 3.71 Å². The molecule has 114 valence electrons. The first-order valence-electron chi connectivity index (χ1n) is 8.43. The van der Waals surface area contributed by atoms with Crippen molar-refractivity contribution >= 4 is 24.9 Å². The molecule has 0 atom stereocenters. The Morgan fingerprint density at radius 2 is 1.50 bits per heavy atom. The molecule has 0 saturated carbocycles. The van der Waals surface area contributed by atoms with E-state index in [0.29, 0.717) is 3.43 Å². The summed E-state index contributed by atoms with van der Waals surface area (Å²) in [5, 5.41) is 4.40. The maximum absolute atomic E-state index is 4.40. The van der Waals surface area contributed by atoms with Crippen molar-refractivity contribution in [2.45, 2.75) is 82.0 Å². The van der Waals surface area contributed by atoms with Crippen molar-refractivity contribution in [3.8, 4) is 0 Å². The van der Waals surface area contributed by atoms with Crippen LogP contribution in [0.25, 0.3) is 0 Å². The zero-order valence-corrected chi connectivity index (χ0v) is 16.8. The van der Waals surface area contributed by atoms with Gasteiger partial charge in [-0.3, -0.25) is 0 Å². The first-order valence-corrected chi connectivity index (χ1v) is 11.3. The molecule has 0 aromatic carbocycles. The topological polar surface area (TPSA) is 17.8 Å². The molecular formula is C17H32N2Sn. The molecule has 0 spiro atoms. The summed E-state index contributed by atoms with van der Waals surface area (Å²) in [4.78, 5) is 0. The average Bonchev–Trinajstić information content (AvgIpc) is 2.85. The third-order valence-electron chi connectivity index (χ3n) is 4.24. The third-order valence-corrected chi connectivity index (χ3v) is 10.0. The van der Waals surface area contributed by atoms with Crippen LogP contribution in [0.1, 0.15) is 78.6 Å². The molecule has 0 bridgehead atoms. The van der Waals surface area contributed by atoms with E-state index in [1.807, 2.05) is 6.20 Å². The van der Waals surface area contributed by atoms with Crippen LogP contribution in [0.5, 0.6) is 0 Å². The van der Waals surface area contributed by atoms with E-state index in [0.717, 1.165) is 0 Å². The van der Waals surface area contributed by atoms with Crippen molar-refractivity contribution in [1.29, 1.82) is 0 Å². The first-order chi connectivity index (χ1) is 9.67. The van der Waals surface area contributed by atoms with Gasteiger partial charge in [-0.25, -0.2) is 0 Å². The maximum atomic E-state index is 4.40. The standard InChI is InChI=1S/C13H27.C4H5N2.Sn/c1-4-7-10-13(11-8-5-2)12-9-6-3;1-6-4-2-3-5-6;/h4-12H2,1-3H3;2-3H,1H3;. The third kappa shape index (κ3) is 5.79. The summed E-state index contributed by atoms with van der Waals surface area (Å²) in [6, 6.07) is 2.28. The number of nitrogens with zero attached hydrogens (tertiary/aromatic N) is 2. The minimum atomic E-state index is -0.579. The molecule has 1 aromatic heterocycles. The van der Waals surface area contributed by atoms with Gasteiger partial charge in [-0.2, -0.15) is 0 Å². The van der Waals surface area contributed by atoms with E-state index >= 15 is 0 Å². The second-order valence-corrected chi connectivity index (χ2v) is 11.3. The average molecular weight is 383 g/mol. The minimum absolute atomic E-state index is 0.579. The molecule has 2 nitrogen and oxygen atoms in total. The Kier molecular flexibility index (Phi) is 8.90. The predicted molar refractivity (Wildman–Crippen MR) is 89.9 cm³/mol. The van der Waals surface area contributed by atoms with Gasteiger partial charge in [0.15, 0.2) is 0 Å². The summed E-state index contributed by atoms with van der Waals surface area (Å²) in [5.41, 5.74) is 0. The Labute approximate surface area is 135 Å². The predicted octanol–water partition coefficient (Wildman–Crippen LogP) is 4.48. The fourth-order valence-electron chi connectivity index (χ4n) is 2.88. The second-order valence-electron chi connectivity index (χ2n) is 6.06. The molecule has 0 aliphatic carbocycles. The number of rotatable bonds is 11. The molecule has 1 aromatic rings. The Hall–Kier alpha value is 0.00870. The summed E-state index contributed by atoms with van der Waals surface area (Å²) >= 11 is -0.579. The van der Waals surface area contributed by atoms with E-state index in [1.165, 1.54) is 57.8 Å². The molecule has 20 heavy (non-hydrogen) atoms. The number of hydrogen-bond acceptors (Lipinski definition) is 1. The number of aromatic nitrogens is 2. The molecule has 1 rings (SSSR count). The van der Waals surface area contributed by atoms with Crippen LogP contribution in [0.2, 0.25) is 3.43 Å². The molecule has 0 unspecified atom stereocenters. The molecule has 1 heterocycles. The van der Waals surface area contributed by atoms with Gasteiger partial charge in [-0.1, -0.05) is 0 Å². The molecule has 0 fully saturated rings. The van der Waals surface area contributed by atoms with Gasteiger partial charge in [-0.05, 0) is 0 Å². The van der Waals surface area contributed by atoms with Gasteiger partial charge in [0.2, 0.25) is 0 Å². The van der Waals surface area contributed by atoms with Crippen molar-refractivity contribution in [3.05, 3.63) is 12.3 Å². The first kappa shape index (κ1) is 18.1. The van der Waals surface area contributed by atoms with Gasteiger partial charge in [0.1, 0.15) is 0 Å². The summed E-state index contributed by atoms with van der Waals surface area (Å²) in [6.45, 7) is 7.00. The molecule has 0 aliphatic heterocycles. The molecule has 2 radical (unpaired) electrons. The Morgan fingerprint density at radius 1 is 1.00 bits per heavy atom. The number of unbranched alkanes of at least 4 members (excludes halogenated alkanes) is 3. The zero-order chi connectivity index (χ0) is 14.8. The van der Waals surface area contributed by atoms with Crippen molar-refractivity contribution in [2.24, 2.45) is 7.05 Å². The second kappa shape index (κ2) is 9.86. The number of aryl methyl sites for hydroxylation is 1. The fourth-order valence-corrected chi connectivity index (χ4v) is 8.09. The van der Waals surface area contributed by atoms with Gasteiger partial charge in [0.05, 0.1) is 0 Å². The van der Waals surface area contributed by atoms with Gasteiger partial charge < -0.3 is 0 Å². The molecular weight excluding hydrogens is 351 g/mol. The fraction of sp³-hybridized carbons (Fsp3) is 0.824. The number of hydrogen-bond donors (Lipinski definition) is 0. The molecule has 0 N–H and O–H groups in total. The van der Waals surface area contributed by atoms with E-state index in [4.69, 9.17) is 0 Å². The van der Waals surface area contributed by atoms with Crippen LogP contribution >= 0.6 is 0 Å². The van der Waals surface area contributed by atoms with Crippen LogP contribution in [0.3, 0.4) is 0 Å². The quantitative estimate of drug-likeness (QED) is 0.516. The van der Waals surface area contributed by atoms with Crippen LogP contribution in [-0.2, 0) is 7.05 Å². The molecule has 3 heteroatoms. The van der Waals surface area contributed by atoms with E-state index in [9.17, 15) is 0 Å². The van der Waals surface area contributed by atoms with E-state index in [2.05, 4.69) is 43.7 Å². The Bertz CT molecular complexity index is 338. The molecule has 0 saturated heterocycles. The Balaban J connectivity index is 2.84. The molecule has 0 amide bonds. The Morgan fingerprint density at radius 3 is 1.85 bits per heavy atom. The SMILES string of the molecule is CCCC[C](CCCC)(CCCC)[Sn][c]1ccnn1C. The van der Waals surface area contributed by atoms with E-state index in [-0.39, 0.29) is 0 Å². The summed E-state index contributed by atoms with van der Waals surface area (Å²) in [7, 11) is 2.13. The van der Waals surface area contributed by atoms with Crippen LogP contribution in [0, 0.1) is 0 Å². The van der Waals surface area contributed by atoms with Crippen LogP contribution in [-0.4, -0.2) is 30.9 Å². The summed E-state index contributed by atoms with van der Waals surface area (Å²) < 4.78 is 4.40. The molecule has 0 aliphatic rings. The normalized spacial score (nSPS) is 12.0. The van der Waals surface area contributed by atoms with Crippen molar-refractivity contribution in [3.63, 3.8) is 0 Å². The van der Waals surface area contributed by atoms with Crippen molar-refractivity contribution in [1.82, 2.24) is 9.78 Å². The van der Waals surface area contributed by atoms with Crippen LogP contribution in [0.4, 0.5) is 0 Å². The van der Waals surface area contributed by atoms with Gasteiger partial charge in [0.25, 0.3) is 0 Å². The van der Waals surface area contributed by atoms with Crippen LogP contribution < -0.4 is 3.71 Å². The van der Waals surface area contributed by atoms with Gasteiger partial charge in [0, 0.05) is 0 Å². The van der Waals surface area contributed by atoms with Crippen molar-refractivity contribution in [2.75, 3.05) is 0 Å². The van der Waals surface area contributed by atoms with Crippen LogP contribution in [0.15, 0.2) is 12.3 Å².